The second-order valence-electron chi connectivity index (χ2n) is 5.58. The van der Waals surface area contributed by atoms with E-state index in [1.807, 2.05) is 18.2 Å². The highest BCUT2D eigenvalue weighted by atomic mass is 79.9. The maximum absolute atomic E-state index is 12.5. The van der Waals surface area contributed by atoms with Gasteiger partial charge in [0.15, 0.2) is 0 Å². The summed E-state index contributed by atoms with van der Waals surface area (Å²) in [6, 6.07) is 9.34. The highest BCUT2D eigenvalue weighted by Gasteiger charge is 2.36. The van der Waals surface area contributed by atoms with Crippen molar-refractivity contribution >= 4 is 21.9 Å². The van der Waals surface area contributed by atoms with Gasteiger partial charge in [0.2, 0.25) is 5.88 Å². The van der Waals surface area contributed by atoms with Crippen LogP contribution in [0.2, 0.25) is 0 Å². The number of nitrogens with two attached hydrogens (primary N) is 1. The van der Waals surface area contributed by atoms with Gasteiger partial charge in [-0.25, -0.2) is 4.79 Å². The molecule has 1 aliphatic heterocycles. The Labute approximate surface area is 161 Å². The SMILES string of the molecule is CCOC(=O)C1=C(C)OC(N)=C(C#N)C1c1cccc(OCCCBr)c1. The van der Waals surface area contributed by atoms with Crippen molar-refractivity contribution in [3.05, 3.63) is 52.6 Å². The first kappa shape index (κ1) is 19.9. The minimum atomic E-state index is -0.660. The average molecular weight is 421 g/mol. The van der Waals surface area contributed by atoms with Crippen LogP contribution in [0.5, 0.6) is 5.75 Å². The molecule has 1 heterocycles. The van der Waals surface area contributed by atoms with Gasteiger partial charge < -0.3 is 19.9 Å². The quantitative estimate of drug-likeness (QED) is 0.412. The molecule has 1 aromatic rings. The second-order valence-corrected chi connectivity index (χ2v) is 6.37. The number of carbonyl (C=O) groups is 1. The molecular formula is C19H21BrN2O4. The first-order chi connectivity index (χ1) is 12.5. The van der Waals surface area contributed by atoms with Gasteiger partial charge in [-0.2, -0.15) is 5.26 Å². The normalized spacial score (nSPS) is 16.8. The monoisotopic (exact) mass is 420 g/mol. The summed E-state index contributed by atoms with van der Waals surface area (Å²) in [5, 5.41) is 10.4. The fourth-order valence-corrected chi connectivity index (χ4v) is 2.95. The molecule has 0 radical (unpaired) electrons. The molecule has 26 heavy (non-hydrogen) atoms. The molecule has 0 saturated carbocycles. The fourth-order valence-electron chi connectivity index (χ4n) is 2.72. The Morgan fingerprint density at radius 1 is 1.46 bits per heavy atom. The van der Waals surface area contributed by atoms with Crippen LogP contribution in [-0.2, 0) is 14.3 Å². The zero-order valence-electron chi connectivity index (χ0n) is 14.8. The number of esters is 1. The minimum absolute atomic E-state index is 0.00587. The number of nitrogens with zero attached hydrogens (tertiary/aromatic N) is 1. The standard InChI is InChI=1S/C19H21BrN2O4/c1-3-24-19(23)16-12(2)26-18(22)15(11-21)17(16)13-6-4-7-14(10-13)25-9-5-8-20/h4,6-7,10,17H,3,5,8-9,22H2,1-2H3. The van der Waals surface area contributed by atoms with E-state index >= 15 is 0 Å². The average Bonchev–Trinajstić information content (AvgIpc) is 2.61. The van der Waals surface area contributed by atoms with Crippen molar-refractivity contribution in [2.45, 2.75) is 26.2 Å². The van der Waals surface area contributed by atoms with Gasteiger partial charge in [-0.05, 0) is 38.0 Å². The first-order valence-corrected chi connectivity index (χ1v) is 9.39. The van der Waals surface area contributed by atoms with Crippen LogP contribution < -0.4 is 10.5 Å². The van der Waals surface area contributed by atoms with Gasteiger partial charge in [0.05, 0.1) is 24.7 Å². The number of nitriles is 1. The third-order valence-electron chi connectivity index (χ3n) is 3.84. The first-order valence-electron chi connectivity index (χ1n) is 8.27. The lowest BCUT2D eigenvalue weighted by atomic mass is 9.83. The molecular weight excluding hydrogens is 400 g/mol. The molecule has 0 saturated heterocycles. The van der Waals surface area contributed by atoms with E-state index in [0.29, 0.717) is 23.7 Å². The number of ether oxygens (including phenoxy) is 3. The third kappa shape index (κ3) is 4.38. The van der Waals surface area contributed by atoms with Crippen LogP contribution in [0.3, 0.4) is 0 Å². The maximum Gasteiger partial charge on any atom is 0.338 e. The molecule has 0 aliphatic carbocycles. The number of halogens is 1. The van der Waals surface area contributed by atoms with Crippen LogP contribution in [0.4, 0.5) is 0 Å². The summed E-state index contributed by atoms with van der Waals surface area (Å²) in [6.45, 7) is 4.14. The number of hydrogen-bond acceptors (Lipinski definition) is 6. The van der Waals surface area contributed by atoms with E-state index in [9.17, 15) is 10.1 Å². The number of alkyl halides is 1. The molecule has 6 nitrogen and oxygen atoms in total. The van der Waals surface area contributed by atoms with Crippen molar-refractivity contribution in [2.24, 2.45) is 5.73 Å². The molecule has 1 aromatic carbocycles. The molecule has 0 fully saturated rings. The predicted molar refractivity (Wildman–Crippen MR) is 100 cm³/mol. The number of benzene rings is 1. The van der Waals surface area contributed by atoms with Crippen molar-refractivity contribution in [3.63, 3.8) is 0 Å². The summed E-state index contributed by atoms with van der Waals surface area (Å²) in [6.07, 6.45) is 0.866. The smallest absolute Gasteiger partial charge is 0.338 e. The van der Waals surface area contributed by atoms with Gasteiger partial charge in [0.1, 0.15) is 23.2 Å². The molecule has 0 aromatic heterocycles. The van der Waals surface area contributed by atoms with Crippen LogP contribution in [0.25, 0.3) is 0 Å². The Morgan fingerprint density at radius 2 is 2.23 bits per heavy atom. The van der Waals surface area contributed by atoms with E-state index in [-0.39, 0.29) is 23.6 Å². The summed E-state index contributed by atoms with van der Waals surface area (Å²) in [7, 11) is 0. The van der Waals surface area contributed by atoms with Crippen LogP contribution in [-0.4, -0.2) is 24.5 Å². The van der Waals surface area contributed by atoms with Gasteiger partial charge in [-0.3, -0.25) is 0 Å². The van der Waals surface area contributed by atoms with Gasteiger partial charge in [0.25, 0.3) is 0 Å². The molecule has 0 spiro atoms. The molecule has 0 bridgehead atoms. The Bertz CT molecular complexity index is 780. The molecule has 2 N–H and O–H groups in total. The van der Waals surface area contributed by atoms with Gasteiger partial charge in [0, 0.05) is 5.33 Å². The van der Waals surface area contributed by atoms with Crippen LogP contribution in [0, 0.1) is 11.3 Å². The molecule has 1 aliphatic rings. The predicted octanol–water partition coefficient (Wildman–Crippen LogP) is 3.50. The highest BCUT2D eigenvalue weighted by Crippen LogP contribution is 2.40. The van der Waals surface area contributed by atoms with E-state index in [1.54, 1.807) is 19.9 Å². The molecule has 2 rings (SSSR count). The van der Waals surface area contributed by atoms with Gasteiger partial charge in [-0.15, -0.1) is 0 Å². The Kier molecular flexibility index (Phi) is 7.10. The Balaban J connectivity index is 2.46. The number of hydrogen-bond donors (Lipinski definition) is 1. The third-order valence-corrected chi connectivity index (χ3v) is 4.40. The summed E-state index contributed by atoms with van der Waals surface area (Å²) in [5.41, 5.74) is 7.06. The Morgan fingerprint density at radius 3 is 2.88 bits per heavy atom. The lowest BCUT2D eigenvalue weighted by Gasteiger charge is -2.27. The van der Waals surface area contributed by atoms with E-state index in [0.717, 1.165) is 11.8 Å². The molecule has 1 unspecified atom stereocenters. The molecule has 138 valence electrons. The van der Waals surface area contributed by atoms with E-state index in [4.69, 9.17) is 19.9 Å². The minimum Gasteiger partial charge on any atom is -0.494 e. The van der Waals surface area contributed by atoms with Crippen molar-refractivity contribution in [3.8, 4) is 11.8 Å². The number of carbonyl (C=O) groups excluding carboxylic acids is 1. The molecule has 1 atom stereocenters. The lowest BCUT2D eigenvalue weighted by Crippen LogP contribution is -2.25. The zero-order chi connectivity index (χ0) is 19.1. The summed E-state index contributed by atoms with van der Waals surface area (Å²) in [5.74, 6) is -0.204. The maximum atomic E-state index is 12.5. The van der Waals surface area contributed by atoms with Crippen molar-refractivity contribution < 1.29 is 19.0 Å². The van der Waals surface area contributed by atoms with E-state index in [1.165, 1.54) is 0 Å². The van der Waals surface area contributed by atoms with Crippen molar-refractivity contribution in [2.75, 3.05) is 18.5 Å². The van der Waals surface area contributed by atoms with Crippen molar-refractivity contribution in [1.82, 2.24) is 0 Å². The van der Waals surface area contributed by atoms with E-state index < -0.39 is 11.9 Å². The topological polar surface area (TPSA) is 94.6 Å². The number of allylic oxidation sites excluding steroid dienone is 2. The Hall–Kier alpha value is -2.46. The molecule has 7 heteroatoms. The van der Waals surface area contributed by atoms with Gasteiger partial charge in [-0.1, -0.05) is 28.1 Å². The summed E-state index contributed by atoms with van der Waals surface area (Å²) < 4.78 is 16.3. The van der Waals surface area contributed by atoms with E-state index in [2.05, 4.69) is 22.0 Å². The van der Waals surface area contributed by atoms with Crippen molar-refractivity contribution in [1.29, 1.82) is 5.26 Å². The second kappa shape index (κ2) is 9.30. The summed E-state index contributed by atoms with van der Waals surface area (Å²) >= 11 is 3.36. The highest BCUT2D eigenvalue weighted by molar-refractivity contribution is 9.09. The summed E-state index contributed by atoms with van der Waals surface area (Å²) in [4.78, 5) is 12.5. The van der Waals surface area contributed by atoms with Crippen LogP contribution >= 0.6 is 15.9 Å². The van der Waals surface area contributed by atoms with Crippen LogP contribution in [0.15, 0.2) is 47.1 Å². The zero-order valence-corrected chi connectivity index (χ0v) is 16.3. The van der Waals surface area contributed by atoms with Gasteiger partial charge >= 0.3 is 5.97 Å². The number of rotatable bonds is 7. The molecule has 0 amide bonds. The lowest BCUT2D eigenvalue weighted by molar-refractivity contribution is -0.139. The fraction of sp³-hybridized carbons (Fsp3) is 0.368. The van der Waals surface area contributed by atoms with Crippen LogP contribution in [0.1, 0.15) is 31.7 Å². The largest absolute Gasteiger partial charge is 0.494 e.